The number of nitrogens with zero attached hydrogens (tertiary/aromatic N) is 1. The van der Waals surface area contributed by atoms with Gasteiger partial charge in [-0.05, 0) is 52.9 Å². The van der Waals surface area contributed by atoms with Crippen molar-refractivity contribution in [2.75, 3.05) is 0 Å². The minimum absolute atomic E-state index is 0.610. The fraction of sp³-hybridized carbons (Fsp3) is 0.357. The molecule has 0 aliphatic heterocycles. The van der Waals surface area contributed by atoms with E-state index in [1.165, 1.54) is 31.2 Å². The SMILES string of the molecule is N#Cc1ccc2c(C3CCCC3)c(Br)oc2c1. The molecule has 2 aromatic rings. The van der Waals surface area contributed by atoms with Gasteiger partial charge in [0, 0.05) is 10.9 Å². The Kier molecular flexibility index (Phi) is 2.68. The van der Waals surface area contributed by atoms with Crippen LogP contribution in [0.2, 0.25) is 0 Å². The molecular weight excluding hydrogens is 278 g/mol. The van der Waals surface area contributed by atoms with Crippen LogP contribution in [0.4, 0.5) is 0 Å². The molecule has 0 saturated heterocycles. The van der Waals surface area contributed by atoms with Crippen LogP contribution in [-0.2, 0) is 0 Å². The van der Waals surface area contributed by atoms with Gasteiger partial charge in [-0.2, -0.15) is 5.26 Å². The summed E-state index contributed by atoms with van der Waals surface area (Å²) in [6, 6.07) is 7.83. The molecule has 3 heteroatoms. The van der Waals surface area contributed by atoms with Gasteiger partial charge in [0.05, 0.1) is 11.6 Å². The van der Waals surface area contributed by atoms with Crippen molar-refractivity contribution in [2.45, 2.75) is 31.6 Å². The highest BCUT2D eigenvalue weighted by atomic mass is 79.9. The Labute approximate surface area is 108 Å². The molecule has 2 nitrogen and oxygen atoms in total. The molecule has 0 N–H and O–H groups in total. The lowest BCUT2D eigenvalue weighted by atomic mass is 9.97. The summed E-state index contributed by atoms with van der Waals surface area (Å²) in [6.45, 7) is 0. The van der Waals surface area contributed by atoms with Crippen molar-refractivity contribution < 1.29 is 4.42 Å². The highest BCUT2D eigenvalue weighted by Crippen LogP contribution is 2.43. The van der Waals surface area contributed by atoms with E-state index in [0.717, 1.165) is 15.6 Å². The first-order chi connectivity index (χ1) is 8.29. The van der Waals surface area contributed by atoms with Crippen molar-refractivity contribution in [1.29, 1.82) is 5.26 Å². The summed E-state index contributed by atoms with van der Waals surface area (Å²) < 4.78 is 6.56. The van der Waals surface area contributed by atoms with Gasteiger partial charge in [0.2, 0.25) is 0 Å². The zero-order valence-corrected chi connectivity index (χ0v) is 11.0. The summed E-state index contributed by atoms with van der Waals surface area (Å²) in [5.41, 5.74) is 2.76. The number of hydrogen-bond donors (Lipinski definition) is 0. The van der Waals surface area contributed by atoms with E-state index in [1.54, 1.807) is 0 Å². The number of rotatable bonds is 1. The Morgan fingerprint density at radius 2 is 2.06 bits per heavy atom. The highest BCUT2D eigenvalue weighted by Gasteiger charge is 2.24. The molecule has 0 atom stereocenters. The third kappa shape index (κ3) is 1.77. The van der Waals surface area contributed by atoms with Gasteiger partial charge in [-0.3, -0.25) is 0 Å². The van der Waals surface area contributed by atoms with Crippen LogP contribution in [0, 0.1) is 11.3 Å². The van der Waals surface area contributed by atoms with E-state index in [2.05, 4.69) is 22.0 Å². The summed E-state index contributed by atoms with van der Waals surface area (Å²) in [6.07, 6.45) is 5.10. The van der Waals surface area contributed by atoms with Gasteiger partial charge in [-0.15, -0.1) is 0 Å². The molecule has 1 fully saturated rings. The maximum absolute atomic E-state index is 8.88. The summed E-state index contributed by atoms with van der Waals surface area (Å²) in [5, 5.41) is 10.0. The Balaban J connectivity index is 2.18. The Bertz CT molecular complexity index is 602. The second kappa shape index (κ2) is 4.19. The molecule has 1 aromatic carbocycles. The van der Waals surface area contributed by atoms with E-state index in [0.29, 0.717) is 11.5 Å². The summed E-state index contributed by atoms with van der Waals surface area (Å²) in [5.74, 6) is 0.610. The zero-order valence-electron chi connectivity index (χ0n) is 9.37. The van der Waals surface area contributed by atoms with Crippen molar-refractivity contribution >= 4 is 26.9 Å². The molecule has 1 aliphatic rings. The molecule has 1 aliphatic carbocycles. The molecule has 0 bridgehead atoms. The minimum Gasteiger partial charge on any atom is -0.449 e. The van der Waals surface area contributed by atoms with E-state index in [9.17, 15) is 0 Å². The van der Waals surface area contributed by atoms with Gasteiger partial charge < -0.3 is 4.42 Å². The smallest absolute Gasteiger partial charge is 0.173 e. The van der Waals surface area contributed by atoms with Gasteiger partial charge in [0.1, 0.15) is 5.58 Å². The fourth-order valence-corrected chi connectivity index (χ4v) is 3.46. The van der Waals surface area contributed by atoms with Crippen molar-refractivity contribution in [3.05, 3.63) is 34.0 Å². The molecule has 17 heavy (non-hydrogen) atoms. The molecule has 1 heterocycles. The topological polar surface area (TPSA) is 36.9 Å². The maximum Gasteiger partial charge on any atom is 0.173 e. The number of nitriles is 1. The summed E-state index contributed by atoms with van der Waals surface area (Å²) in [4.78, 5) is 0. The number of benzene rings is 1. The second-order valence-electron chi connectivity index (χ2n) is 4.59. The van der Waals surface area contributed by atoms with E-state index in [4.69, 9.17) is 9.68 Å². The number of fused-ring (bicyclic) bond motifs is 1. The molecule has 3 rings (SSSR count). The average Bonchev–Trinajstić information content (AvgIpc) is 2.93. The molecule has 1 saturated carbocycles. The molecule has 0 spiro atoms. The standard InChI is InChI=1S/C14H12BrNO/c15-14-13(10-3-1-2-4-10)11-6-5-9(8-16)7-12(11)17-14/h5-7,10H,1-4H2. The quantitative estimate of drug-likeness (QED) is 0.761. The lowest BCUT2D eigenvalue weighted by Crippen LogP contribution is -1.91. The van der Waals surface area contributed by atoms with E-state index >= 15 is 0 Å². The molecule has 86 valence electrons. The minimum atomic E-state index is 0.610. The second-order valence-corrected chi connectivity index (χ2v) is 5.31. The number of hydrogen-bond acceptors (Lipinski definition) is 2. The molecule has 0 amide bonds. The van der Waals surface area contributed by atoms with Gasteiger partial charge in [0.25, 0.3) is 0 Å². The van der Waals surface area contributed by atoms with Crippen LogP contribution >= 0.6 is 15.9 Å². The number of halogens is 1. The molecule has 0 radical (unpaired) electrons. The van der Waals surface area contributed by atoms with Crippen molar-refractivity contribution in [1.82, 2.24) is 0 Å². The van der Waals surface area contributed by atoms with Crippen molar-refractivity contribution in [3.63, 3.8) is 0 Å². The van der Waals surface area contributed by atoms with Crippen LogP contribution in [0.15, 0.2) is 27.3 Å². The van der Waals surface area contributed by atoms with Crippen LogP contribution in [0.25, 0.3) is 11.0 Å². The average molecular weight is 290 g/mol. The Hall–Kier alpha value is -1.27. The normalized spacial score (nSPS) is 16.5. The Morgan fingerprint density at radius 3 is 2.76 bits per heavy atom. The molecule has 0 unspecified atom stereocenters. The van der Waals surface area contributed by atoms with Crippen LogP contribution in [0.3, 0.4) is 0 Å². The van der Waals surface area contributed by atoms with Crippen LogP contribution in [0.1, 0.15) is 42.7 Å². The third-order valence-corrected chi connectivity index (χ3v) is 4.16. The number of furan rings is 1. The van der Waals surface area contributed by atoms with Crippen LogP contribution < -0.4 is 0 Å². The predicted molar refractivity (Wildman–Crippen MR) is 69.8 cm³/mol. The lowest BCUT2D eigenvalue weighted by Gasteiger charge is -2.07. The van der Waals surface area contributed by atoms with E-state index < -0.39 is 0 Å². The van der Waals surface area contributed by atoms with Gasteiger partial charge in [0.15, 0.2) is 4.67 Å². The van der Waals surface area contributed by atoms with E-state index in [1.807, 2.05) is 18.2 Å². The lowest BCUT2D eigenvalue weighted by molar-refractivity contribution is 0.570. The largest absolute Gasteiger partial charge is 0.449 e. The summed E-state index contributed by atoms with van der Waals surface area (Å²) >= 11 is 3.52. The first-order valence-corrected chi connectivity index (χ1v) is 6.71. The van der Waals surface area contributed by atoms with Gasteiger partial charge in [-0.25, -0.2) is 0 Å². The predicted octanol–water partition coefficient (Wildman–Crippen LogP) is 4.72. The van der Waals surface area contributed by atoms with Crippen molar-refractivity contribution in [3.8, 4) is 6.07 Å². The van der Waals surface area contributed by atoms with E-state index in [-0.39, 0.29) is 0 Å². The first kappa shape index (κ1) is 10.9. The van der Waals surface area contributed by atoms with Crippen LogP contribution in [-0.4, -0.2) is 0 Å². The van der Waals surface area contributed by atoms with Gasteiger partial charge in [-0.1, -0.05) is 12.8 Å². The van der Waals surface area contributed by atoms with Gasteiger partial charge >= 0.3 is 0 Å². The first-order valence-electron chi connectivity index (χ1n) is 5.91. The molecule has 1 aromatic heterocycles. The van der Waals surface area contributed by atoms with Crippen LogP contribution in [0.5, 0.6) is 0 Å². The third-order valence-electron chi connectivity index (χ3n) is 3.58. The maximum atomic E-state index is 8.88. The highest BCUT2D eigenvalue weighted by molar-refractivity contribution is 9.10. The zero-order chi connectivity index (χ0) is 11.8. The van der Waals surface area contributed by atoms with Crippen molar-refractivity contribution in [2.24, 2.45) is 0 Å². The molecular formula is C14H12BrNO. The Morgan fingerprint density at radius 1 is 1.29 bits per heavy atom. The summed E-state index contributed by atoms with van der Waals surface area (Å²) in [7, 11) is 0. The fourth-order valence-electron chi connectivity index (χ4n) is 2.75. The monoisotopic (exact) mass is 289 g/mol.